The number of aryl methyl sites for hydroxylation is 2. The Labute approximate surface area is 206 Å². The second-order valence-corrected chi connectivity index (χ2v) is 9.25. The second-order valence-electron chi connectivity index (χ2n) is 9.25. The highest BCUT2D eigenvalue weighted by molar-refractivity contribution is 5.54. The number of nitrogens with zero attached hydrogens (tertiary/aromatic N) is 2. The van der Waals surface area contributed by atoms with Crippen molar-refractivity contribution in [3.05, 3.63) is 107 Å². The lowest BCUT2D eigenvalue weighted by Crippen LogP contribution is -2.31. The summed E-state index contributed by atoms with van der Waals surface area (Å²) in [5.74, 6) is 3.57. The van der Waals surface area contributed by atoms with Crippen molar-refractivity contribution in [2.75, 3.05) is 23.3 Å². The van der Waals surface area contributed by atoms with Crippen LogP contribution in [0.5, 0.6) is 23.0 Å². The first kappa shape index (κ1) is 21.4. The van der Waals surface area contributed by atoms with Crippen molar-refractivity contribution in [1.29, 1.82) is 0 Å². The maximum atomic E-state index is 6.11. The van der Waals surface area contributed by atoms with Gasteiger partial charge >= 0.3 is 0 Å². The van der Waals surface area contributed by atoms with Crippen molar-refractivity contribution in [1.82, 2.24) is 0 Å². The van der Waals surface area contributed by atoms with E-state index in [-0.39, 0.29) is 0 Å². The van der Waals surface area contributed by atoms with E-state index in [0.717, 1.165) is 47.5 Å². The third kappa shape index (κ3) is 4.50. The fourth-order valence-electron chi connectivity index (χ4n) is 4.66. The monoisotopic (exact) mass is 464 g/mol. The molecule has 0 saturated carbocycles. The van der Waals surface area contributed by atoms with E-state index in [1.807, 2.05) is 24.3 Å². The molecule has 0 fully saturated rings. The van der Waals surface area contributed by atoms with Gasteiger partial charge in [0.2, 0.25) is 0 Å². The summed E-state index contributed by atoms with van der Waals surface area (Å²) in [5, 5.41) is 0. The molecule has 0 radical (unpaired) electrons. The van der Waals surface area contributed by atoms with E-state index in [2.05, 4.69) is 84.3 Å². The Morgan fingerprint density at radius 1 is 0.571 bits per heavy atom. The number of anilines is 2. The molecule has 4 aromatic rings. The molecule has 0 unspecified atom stereocenters. The number of hydrogen-bond donors (Lipinski definition) is 0. The first-order chi connectivity index (χ1) is 17.1. The zero-order chi connectivity index (χ0) is 23.8. The summed E-state index contributed by atoms with van der Waals surface area (Å²) in [5.41, 5.74) is 7.15. The van der Waals surface area contributed by atoms with Gasteiger partial charge in [0.05, 0.1) is 0 Å². The summed E-state index contributed by atoms with van der Waals surface area (Å²) in [7, 11) is 0. The molecule has 0 atom stereocenters. The van der Waals surface area contributed by atoms with Gasteiger partial charge in [0.1, 0.15) is 23.0 Å². The molecule has 176 valence electrons. The van der Waals surface area contributed by atoms with E-state index in [0.29, 0.717) is 13.5 Å². The third-order valence-corrected chi connectivity index (χ3v) is 6.55. The molecule has 0 bridgehead atoms. The molecule has 2 aliphatic heterocycles. The Hall–Kier alpha value is -4.12. The van der Waals surface area contributed by atoms with Crippen LogP contribution in [-0.2, 0) is 13.1 Å². The topological polar surface area (TPSA) is 34.2 Å². The van der Waals surface area contributed by atoms with Crippen molar-refractivity contribution in [2.45, 2.75) is 26.9 Å². The number of hydrogen-bond acceptors (Lipinski definition) is 5. The van der Waals surface area contributed by atoms with Crippen molar-refractivity contribution in [3.63, 3.8) is 0 Å². The molecular weight excluding hydrogens is 436 g/mol. The van der Waals surface area contributed by atoms with Crippen molar-refractivity contribution >= 4 is 11.4 Å². The number of rotatable bonds is 4. The molecule has 0 N–H and O–H groups in total. The Morgan fingerprint density at radius 2 is 1.00 bits per heavy atom. The van der Waals surface area contributed by atoms with E-state index in [1.54, 1.807) is 0 Å². The molecule has 4 aromatic carbocycles. The van der Waals surface area contributed by atoms with Gasteiger partial charge in [-0.25, -0.2) is 0 Å². The minimum absolute atomic E-state index is 0.544. The van der Waals surface area contributed by atoms with Gasteiger partial charge in [-0.1, -0.05) is 35.4 Å². The molecule has 0 amide bonds. The highest BCUT2D eigenvalue weighted by atomic mass is 16.5. The third-order valence-electron chi connectivity index (χ3n) is 6.55. The molecule has 0 aliphatic carbocycles. The average molecular weight is 465 g/mol. The van der Waals surface area contributed by atoms with Crippen LogP contribution in [0.4, 0.5) is 11.4 Å². The molecular formula is C30H28N2O3. The summed E-state index contributed by atoms with van der Waals surface area (Å²) >= 11 is 0. The van der Waals surface area contributed by atoms with Crippen molar-refractivity contribution in [3.8, 4) is 23.0 Å². The SMILES string of the molecule is Cc1ccc2c(c1)CN(c1ccc(Oc3ccc(N4COc5ccc(C)cc5C4)cc3)cc1)CO2. The number of benzene rings is 4. The van der Waals surface area contributed by atoms with E-state index in [1.165, 1.54) is 22.3 Å². The Balaban J connectivity index is 1.10. The fraction of sp³-hybridized carbons (Fsp3) is 0.200. The highest BCUT2D eigenvalue weighted by Gasteiger charge is 2.19. The number of fused-ring (bicyclic) bond motifs is 2. The fourth-order valence-corrected chi connectivity index (χ4v) is 4.66. The normalized spacial score (nSPS) is 14.5. The van der Waals surface area contributed by atoms with Crippen molar-refractivity contribution < 1.29 is 14.2 Å². The average Bonchev–Trinajstić information content (AvgIpc) is 2.89. The van der Waals surface area contributed by atoms with Crippen LogP contribution in [-0.4, -0.2) is 13.5 Å². The van der Waals surface area contributed by atoms with Crippen molar-refractivity contribution in [2.24, 2.45) is 0 Å². The van der Waals surface area contributed by atoms with Crippen LogP contribution in [0.1, 0.15) is 22.3 Å². The van der Waals surface area contributed by atoms with E-state index in [9.17, 15) is 0 Å². The maximum absolute atomic E-state index is 6.11. The van der Waals surface area contributed by atoms with Gasteiger partial charge in [-0.3, -0.25) is 0 Å². The molecule has 35 heavy (non-hydrogen) atoms. The molecule has 5 heteroatoms. The van der Waals surface area contributed by atoms with Gasteiger partial charge in [0.15, 0.2) is 13.5 Å². The van der Waals surface area contributed by atoms with Gasteiger partial charge in [-0.15, -0.1) is 0 Å². The lowest BCUT2D eigenvalue weighted by Gasteiger charge is -2.31. The van der Waals surface area contributed by atoms with Crippen LogP contribution in [0.25, 0.3) is 0 Å². The van der Waals surface area contributed by atoms with Crippen LogP contribution in [0.2, 0.25) is 0 Å². The summed E-state index contributed by atoms with van der Waals surface area (Å²) in [6, 6.07) is 29.0. The molecule has 2 aliphatic rings. The minimum Gasteiger partial charge on any atom is -0.473 e. The summed E-state index contributed by atoms with van der Waals surface area (Å²) in [6.45, 7) is 6.98. The van der Waals surface area contributed by atoms with E-state index < -0.39 is 0 Å². The quantitative estimate of drug-likeness (QED) is 0.331. The zero-order valence-electron chi connectivity index (χ0n) is 20.0. The summed E-state index contributed by atoms with van der Waals surface area (Å²) in [4.78, 5) is 4.45. The maximum Gasteiger partial charge on any atom is 0.161 e. The predicted octanol–water partition coefficient (Wildman–Crippen LogP) is 6.81. The van der Waals surface area contributed by atoms with Crippen LogP contribution in [0, 0.1) is 13.8 Å². The lowest BCUT2D eigenvalue weighted by molar-refractivity contribution is 0.289. The van der Waals surface area contributed by atoms with Crippen LogP contribution in [0.3, 0.4) is 0 Å². The highest BCUT2D eigenvalue weighted by Crippen LogP contribution is 2.33. The molecule has 0 saturated heterocycles. The lowest BCUT2D eigenvalue weighted by atomic mass is 10.1. The molecule has 0 aromatic heterocycles. The molecule has 5 nitrogen and oxygen atoms in total. The van der Waals surface area contributed by atoms with Gasteiger partial charge in [0.25, 0.3) is 0 Å². The largest absolute Gasteiger partial charge is 0.473 e. The summed E-state index contributed by atoms with van der Waals surface area (Å²) < 4.78 is 18.0. The number of ether oxygens (including phenoxy) is 3. The van der Waals surface area contributed by atoms with Crippen LogP contribution < -0.4 is 24.0 Å². The Bertz CT molecular complexity index is 1240. The first-order valence-corrected chi connectivity index (χ1v) is 11.9. The zero-order valence-corrected chi connectivity index (χ0v) is 20.0. The minimum atomic E-state index is 0.544. The molecule has 0 spiro atoms. The van der Waals surface area contributed by atoms with Crippen LogP contribution in [0.15, 0.2) is 84.9 Å². The van der Waals surface area contributed by atoms with E-state index >= 15 is 0 Å². The summed E-state index contributed by atoms with van der Waals surface area (Å²) in [6.07, 6.45) is 0. The standard InChI is InChI=1S/C30H28N2O3/c1-21-3-13-29-23(15-21)17-31(19-33-29)25-5-9-27(10-6-25)35-28-11-7-26(8-12-28)32-18-24-16-22(2)4-14-30(24)34-20-32/h3-16H,17-20H2,1-2H3. The molecule has 2 heterocycles. The van der Waals surface area contributed by atoms with Gasteiger partial charge in [-0.2, -0.15) is 0 Å². The van der Waals surface area contributed by atoms with Crippen LogP contribution >= 0.6 is 0 Å². The van der Waals surface area contributed by atoms with Gasteiger partial charge < -0.3 is 24.0 Å². The Kier molecular flexibility index (Phi) is 5.45. The van der Waals surface area contributed by atoms with Gasteiger partial charge in [0, 0.05) is 35.6 Å². The first-order valence-electron chi connectivity index (χ1n) is 11.9. The Morgan fingerprint density at radius 3 is 1.43 bits per heavy atom. The van der Waals surface area contributed by atoms with E-state index in [4.69, 9.17) is 14.2 Å². The molecule has 6 rings (SSSR count). The smallest absolute Gasteiger partial charge is 0.161 e. The predicted molar refractivity (Wildman–Crippen MR) is 139 cm³/mol. The van der Waals surface area contributed by atoms with Gasteiger partial charge in [-0.05, 0) is 74.5 Å². The second kappa shape index (κ2) is 8.91.